The molecular weight excluding hydrogens is 580 g/mol. The largest absolute Gasteiger partial charge is 0.481 e. The van der Waals surface area contributed by atoms with Gasteiger partial charge in [-0.25, -0.2) is 0 Å². The summed E-state index contributed by atoms with van der Waals surface area (Å²) in [4.78, 5) is 92.4. The number of aliphatic hydroxyl groups excluding tert-OH is 1. The van der Waals surface area contributed by atoms with Crippen molar-refractivity contribution in [1.82, 2.24) is 31.6 Å². The van der Waals surface area contributed by atoms with Crippen molar-refractivity contribution >= 4 is 52.4 Å². The predicted molar refractivity (Wildman–Crippen MR) is 153 cm³/mol. The van der Waals surface area contributed by atoms with Gasteiger partial charge in [0.15, 0.2) is 0 Å². The van der Waals surface area contributed by atoms with Crippen molar-refractivity contribution in [2.24, 2.45) is 5.92 Å². The molecule has 1 aliphatic heterocycles. The van der Waals surface area contributed by atoms with Gasteiger partial charge in [0.05, 0.1) is 19.4 Å². The van der Waals surface area contributed by atoms with Crippen molar-refractivity contribution in [3.8, 4) is 0 Å². The third-order valence-electron chi connectivity index (χ3n) is 6.91. The Bertz CT molecular complexity index is 1420. The summed E-state index contributed by atoms with van der Waals surface area (Å²) < 4.78 is 0. The molecule has 0 radical (unpaired) electrons. The molecule has 1 aliphatic rings. The first-order valence-electron chi connectivity index (χ1n) is 13.9. The number of carboxylic acid groups (broad SMARTS) is 2. The lowest BCUT2D eigenvalue weighted by molar-refractivity contribution is -0.141. The van der Waals surface area contributed by atoms with Crippen LogP contribution in [0.1, 0.15) is 38.7 Å². The molecule has 2 heterocycles. The number of hydrogen-bond acceptors (Lipinski definition) is 8. The highest BCUT2D eigenvalue weighted by Gasteiger charge is 2.36. The van der Waals surface area contributed by atoms with Gasteiger partial charge in [-0.3, -0.25) is 33.6 Å². The van der Waals surface area contributed by atoms with Gasteiger partial charge in [-0.1, -0.05) is 32.0 Å². The van der Waals surface area contributed by atoms with E-state index in [-0.39, 0.29) is 18.8 Å². The number of H-pyrrole nitrogens is 1. The highest BCUT2D eigenvalue weighted by Crippen LogP contribution is 2.20. The second-order valence-corrected chi connectivity index (χ2v) is 10.9. The molecule has 16 nitrogen and oxygen atoms in total. The number of hydrogen-bond donors (Lipinski definition) is 9. The summed E-state index contributed by atoms with van der Waals surface area (Å²) in [5.74, 6) is -8.17. The fourth-order valence-electron chi connectivity index (χ4n) is 4.76. The van der Waals surface area contributed by atoms with E-state index in [2.05, 4.69) is 31.6 Å². The lowest BCUT2D eigenvalue weighted by Gasteiger charge is -2.26. The molecule has 9 N–H and O–H groups in total. The number of aromatic nitrogens is 1. The van der Waals surface area contributed by atoms with E-state index in [9.17, 15) is 48.9 Å². The molecule has 238 valence electrons. The Morgan fingerprint density at radius 1 is 0.705 bits per heavy atom. The quantitative estimate of drug-likeness (QED) is 0.152. The lowest BCUT2D eigenvalue weighted by Crippen LogP contribution is -2.59. The number of carboxylic acids is 2. The molecule has 5 amide bonds. The van der Waals surface area contributed by atoms with E-state index < -0.39 is 91.1 Å². The monoisotopic (exact) mass is 616 g/mol. The van der Waals surface area contributed by atoms with Crippen LogP contribution in [0, 0.1) is 5.92 Å². The Morgan fingerprint density at radius 3 is 1.70 bits per heavy atom. The molecule has 2 aromatic rings. The number of aromatic amines is 1. The molecule has 44 heavy (non-hydrogen) atoms. The maximum atomic E-state index is 13.6. The van der Waals surface area contributed by atoms with Crippen LogP contribution < -0.4 is 26.6 Å². The summed E-state index contributed by atoms with van der Waals surface area (Å²) in [5.41, 5.74) is 1.36. The number of nitrogens with one attached hydrogen (secondary N) is 6. The van der Waals surface area contributed by atoms with Crippen molar-refractivity contribution in [3.63, 3.8) is 0 Å². The van der Waals surface area contributed by atoms with Gasteiger partial charge in [-0.15, -0.1) is 0 Å². The molecule has 0 spiro atoms. The average Bonchev–Trinajstić information content (AvgIpc) is 3.35. The number of aliphatic hydroxyl groups is 1. The molecular formula is C28H36N6O10. The fraction of sp³-hybridized carbons (Fsp3) is 0.464. The number of rotatable bonds is 9. The minimum absolute atomic E-state index is 0.0632. The minimum Gasteiger partial charge on any atom is -0.481 e. The Balaban J connectivity index is 2.07. The second-order valence-electron chi connectivity index (χ2n) is 10.9. The van der Waals surface area contributed by atoms with E-state index in [0.717, 1.165) is 10.9 Å². The maximum Gasteiger partial charge on any atom is 0.305 e. The summed E-state index contributed by atoms with van der Waals surface area (Å²) in [6, 6.07) is -0.673. The summed E-state index contributed by atoms with van der Waals surface area (Å²) in [5, 5.41) is 40.9. The molecule has 0 saturated carbocycles. The van der Waals surface area contributed by atoms with Crippen molar-refractivity contribution in [1.29, 1.82) is 0 Å². The van der Waals surface area contributed by atoms with Gasteiger partial charge in [-0.05, 0) is 24.0 Å². The average molecular weight is 617 g/mol. The highest BCUT2D eigenvalue weighted by molar-refractivity contribution is 5.99. The van der Waals surface area contributed by atoms with Gasteiger partial charge in [0, 0.05) is 23.5 Å². The summed E-state index contributed by atoms with van der Waals surface area (Å²) in [6.45, 7) is 2.52. The smallest absolute Gasteiger partial charge is 0.305 e. The van der Waals surface area contributed by atoms with Crippen molar-refractivity contribution in [2.75, 3.05) is 6.61 Å². The van der Waals surface area contributed by atoms with Crippen LogP contribution in [0.25, 0.3) is 10.9 Å². The van der Waals surface area contributed by atoms with E-state index in [1.807, 2.05) is 0 Å². The standard InChI is InChI=1S/C28H36N6O10/c1-13(2)7-17-24(40)31-18(8-14-11-29-16-6-4-3-5-15(14)16)25(41)32-20(10-23(38)39)27(43)34-21(12-35)28(44)33-19(9-22(36)37)26(42)30-17/h3-6,11,13,17-21,29,35H,7-10,12H2,1-2H3,(H,30,42)(H,31,40)(H,32,41)(H,33,44)(H,34,43)(H,36,37)(H,38,39)/t17-,18+,19+,20+,21-/m0/s1. The van der Waals surface area contributed by atoms with Crippen LogP contribution in [0.4, 0.5) is 0 Å². The van der Waals surface area contributed by atoms with Crippen LogP contribution in [-0.2, 0) is 40.0 Å². The molecule has 1 aromatic carbocycles. The van der Waals surface area contributed by atoms with Gasteiger partial charge < -0.3 is 46.9 Å². The number of benzene rings is 1. The van der Waals surface area contributed by atoms with Crippen LogP contribution in [0.5, 0.6) is 0 Å². The molecule has 16 heteroatoms. The zero-order chi connectivity index (χ0) is 32.6. The zero-order valence-electron chi connectivity index (χ0n) is 24.1. The maximum absolute atomic E-state index is 13.6. The first kappa shape index (κ1) is 33.5. The number of carbonyl (C=O) groups is 7. The molecule has 0 unspecified atom stereocenters. The molecule has 1 aromatic heterocycles. The normalized spacial score (nSPS) is 23.9. The molecule has 1 fully saturated rings. The van der Waals surface area contributed by atoms with E-state index in [1.165, 1.54) is 0 Å². The molecule has 0 bridgehead atoms. The lowest BCUT2D eigenvalue weighted by atomic mass is 10.00. The molecule has 5 atom stereocenters. The highest BCUT2D eigenvalue weighted by atomic mass is 16.4. The van der Waals surface area contributed by atoms with Crippen molar-refractivity contribution in [3.05, 3.63) is 36.0 Å². The number of para-hydroxylation sites is 1. The summed E-state index contributed by atoms with van der Waals surface area (Å²) >= 11 is 0. The summed E-state index contributed by atoms with van der Waals surface area (Å²) in [7, 11) is 0. The Hall–Kier alpha value is -4.99. The van der Waals surface area contributed by atoms with Crippen LogP contribution in [0.2, 0.25) is 0 Å². The van der Waals surface area contributed by atoms with Gasteiger partial charge in [0.2, 0.25) is 29.5 Å². The van der Waals surface area contributed by atoms with E-state index in [1.54, 1.807) is 44.3 Å². The summed E-state index contributed by atoms with van der Waals surface area (Å²) in [6.07, 6.45) is -0.221. The zero-order valence-corrected chi connectivity index (χ0v) is 24.1. The molecule has 3 rings (SSSR count). The van der Waals surface area contributed by atoms with Crippen molar-refractivity contribution < 1.29 is 48.9 Å². The van der Waals surface area contributed by atoms with Gasteiger partial charge in [-0.2, -0.15) is 0 Å². The third kappa shape index (κ3) is 9.00. The fourth-order valence-corrected chi connectivity index (χ4v) is 4.76. The van der Waals surface area contributed by atoms with Crippen molar-refractivity contribution in [2.45, 2.75) is 69.7 Å². The van der Waals surface area contributed by atoms with Crippen LogP contribution in [0.3, 0.4) is 0 Å². The number of fused-ring (bicyclic) bond motifs is 1. The Labute approximate surface area is 251 Å². The van der Waals surface area contributed by atoms with E-state index >= 15 is 0 Å². The first-order chi connectivity index (χ1) is 20.8. The first-order valence-corrected chi connectivity index (χ1v) is 13.9. The minimum atomic E-state index is -1.74. The Kier molecular flexibility index (Phi) is 11.4. The topological polar surface area (TPSA) is 256 Å². The van der Waals surface area contributed by atoms with E-state index in [4.69, 9.17) is 0 Å². The Morgan fingerprint density at radius 2 is 1.16 bits per heavy atom. The molecule has 1 saturated heterocycles. The number of carbonyl (C=O) groups excluding carboxylic acids is 5. The molecule has 0 aliphatic carbocycles. The van der Waals surface area contributed by atoms with Gasteiger partial charge in [0.1, 0.15) is 30.2 Å². The number of aliphatic carboxylic acids is 2. The van der Waals surface area contributed by atoms with Crippen LogP contribution in [0.15, 0.2) is 30.5 Å². The third-order valence-corrected chi connectivity index (χ3v) is 6.91. The predicted octanol–water partition coefficient (Wildman–Crippen LogP) is -1.86. The second kappa shape index (κ2) is 15.0. The number of amides is 5. The van der Waals surface area contributed by atoms with Gasteiger partial charge >= 0.3 is 11.9 Å². The van der Waals surface area contributed by atoms with Crippen LogP contribution >= 0.6 is 0 Å². The van der Waals surface area contributed by atoms with Crippen LogP contribution in [-0.4, -0.2) is 98.6 Å². The SMILES string of the molecule is CC(C)C[C@@H]1NC(=O)[C@@H](CC(=O)O)NC(=O)[C@H](CO)NC(=O)[C@@H](CC(=O)O)NC(=O)[C@@H](Cc2c[nH]c3ccccc23)NC1=O. The van der Waals surface area contributed by atoms with E-state index in [0.29, 0.717) is 5.56 Å². The van der Waals surface area contributed by atoms with Gasteiger partial charge in [0.25, 0.3) is 0 Å².